The first kappa shape index (κ1) is 9.49. The molecule has 0 N–H and O–H groups in total. The molecule has 1 heterocycles. The summed E-state index contributed by atoms with van der Waals surface area (Å²) in [6.07, 6.45) is 1.53. The van der Waals surface area contributed by atoms with Gasteiger partial charge in [-0.2, -0.15) is 0 Å². The Labute approximate surface area is 91.3 Å². The van der Waals surface area contributed by atoms with Crippen molar-refractivity contribution in [1.29, 1.82) is 0 Å². The number of aryl methyl sites for hydroxylation is 1. The van der Waals surface area contributed by atoms with Crippen molar-refractivity contribution in [2.75, 3.05) is 0 Å². The molecule has 1 aromatic heterocycles. The molecule has 0 radical (unpaired) electrons. The summed E-state index contributed by atoms with van der Waals surface area (Å²) in [5.41, 5.74) is 1.90. The number of benzene rings is 1. The molecule has 0 unspecified atom stereocenters. The summed E-state index contributed by atoms with van der Waals surface area (Å²) in [5.74, 6) is 0. The molecule has 2 rings (SSSR count). The summed E-state index contributed by atoms with van der Waals surface area (Å²) in [6.45, 7) is 1.98. The van der Waals surface area contributed by atoms with Gasteiger partial charge in [0, 0.05) is 0 Å². The molecule has 2 aromatic rings. The van der Waals surface area contributed by atoms with Gasteiger partial charge in [0.2, 0.25) is 5.28 Å². The molecular formula is C9H7Cl2N3. The molecule has 1 aromatic carbocycles. The van der Waals surface area contributed by atoms with Crippen molar-refractivity contribution in [1.82, 2.24) is 14.8 Å². The van der Waals surface area contributed by atoms with Crippen molar-refractivity contribution >= 4 is 23.2 Å². The highest BCUT2D eigenvalue weighted by Gasteiger charge is 2.07. The van der Waals surface area contributed by atoms with Gasteiger partial charge in [-0.05, 0) is 36.2 Å². The molecule has 0 aliphatic carbocycles. The molecule has 0 amide bonds. The van der Waals surface area contributed by atoms with Gasteiger partial charge >= 0.3 is 0 Å². The van der Waals surface area contributed by atoms with Crippen molar-refractivity contribution in [3.8, 4) is 5.69 Å². The third-order valence-electron chi connectivity index (χ3n) is 1.87. The quantitative estimate of drug-likeness (QED) is 0.751. The maximum atomic E-state index is 6.02. The predicted octanol–water partition coefficient (Wildman–Crippen LogP) is 2.88. The Morgan fingerprint density at radius 2 is 2.07 bits per heavy atom. The lowest BCUT2D eigenvalue weighted by Crippen LogP contribution is -1.94. The smallest absolute Gasteiger partial charge is 0.229 e. The maximum absolute atomic E-state index is 6.02. The lowest BCUT2D eigenvalue weighted by atomic mass is 10.2. The minimum absolute atomic E-state index is 0.303. The van der Waals surface area contributed by atoms with Crippen molar-refractivity contribution < 1.29 is 0 Å². The van der Waals surface area contributed by atoms with E-state index in [2.05, 4.69) is 10.2 Å². The number of nitrogens with zero attached hydrogens (tertiary/aromatic N) is 3. The zero-order valence-electron chi connectivity index (χ0n) is 7.41. The van der Waals surface area contributed by atoms with Gasteiger partial charge in [-0.3, -0.25) is 4.57 Å². The third-order valence-corrected chi connectivity index (χ3v) is 2.44. The van der Waals surface area contributed by atoms with Crippen LogP contribution in [-0.2, 0) is 0 Å². The maximum Gasteiger partial charge on any atom is 0.229 e. The van der Waals surface area contributed by atoms with Crippen LogP contribution in [0.1, 0.15) is 5.56 Å². The molecule has 3 nitrogen and oxygen atoms in total. The molecule has 0 aliphatic heterocycles. The van der Waals surface area contributed by atoms with E-state index in [0.717, 1.165) is 11.3 Å². The summed E-state index contributed by atoms with van der Waals surface area (Å²) in [4.78, 5) is 0. The molecule has 0 saturated heterocycles. The van der Waals surface area contributed by atoms with Crippen molar-refractivity contribution in [3.63, 3.8) is 0 Å². The third kappa shape index (κ3) is 1.61. The van der Waals surface area contributed by atoms with E-state index in [-0.39, 0.29) is 0 Å². The second-order valence-corrected chi connectivity index (χ2v) is 3.67. The number of aromatic nitrogens is 3. The van der Waals surface area contributed by atoms with E-state index in [1.54, 1.807) is 4.57 Å². The SMILES string of the molecule is Cc1ccc(Cl)c(-n2cnnc2Cl)c1. The average Bonchev–Trinajstić information content (AvgIpc) is 2.56. The number of rotatable bonds is 1. The van der Waals surface area contributed by atoms with Crippen LogP contribution in [0.5, 0.6) is 0 Å². The summed E-state index contributed by atoms with van der Waals surface area (Å²) in [5, 5.41) is 8.30. The lowest BCUT2D eigenvalue weighted by molar-refractivity contribution is 1.05. The van der Waals surface area contributed by atoms with Gasteiger partial charge in [0.15, 0.2) is 0 Å². The van der Waals surface area contributed by atoms with Crippen molar-refractivity contribution in [2.24, 2.45) is 0 Å². The summed E-state index contributed by atoms with van der Waals surface area (Å²) in [7, 11) is 0. The molecule has 14 heavy (non-hydrogen) atoms. The monoisotopic (exact) mass is 227 g/mol. The zero-order chi connectivity index (χ0) is 10.1. The summed E-state index contributed by atoms with van der Waals surface area (Å²) in [6, 6.07) is 5.68. The Morgan fingerprint density at radius 1 is 1.29 bits per heavy atom. The predicted molar refractivity (Wildman–Crippen MR) is 56.1 cm³/mol. The number of halogens is 2. The van der Waals surface area contributed by atoms with Gasteiger partial charge in [0.1, 0.15) is 6.33 Å². The summed E-state index contributed by atoms with van der Waals surface area (Å²) < 4.78 is 1.64. The van der Waals surface area contributed by atoms with E-state index < -0.39 is 0 Å². The Kier molecular flexibility index (Phi) is 2.44. The van der Waals surface area contributed by atoms with Crippen LogP contribution in [0.2, 0.25) is 10.3 Å². The Hall–Kier alpha value is -1.06. The van der Waals surface area contributed by atoms with Crippen LogP contribution in [0.25, 0.3) is 5.69 Å². The molecule has 0 spiro atoms. The van der Waals surface area contributed by atoms with Crippen LogP contribution in [0, 0.1) is 6.92 Å². The van der Waals surface area contributed by atoms with E-state index in [1.165, 1.54) is 6.33 Å². The molecule has 0 atom stereocenters. The van der Waals surface area contributed by atoms with Gasteiger partial charge < -0.3 is 0 Å². The van der Waals surface area contributed by atoms with Crippen molar-refractivity contribution in [3.05, 3.63) is 40.4 Å². The largest absolute Gasteiger partial charge is 0.271 e. The summed E-state index contributed by atoms with van der Waals surface area (Å²) >= 11 is 11.9. The van der Waals surface area contributed by atoms with Gasteiger partial charge in [0.25, 0.3) is 0 Å². The lowest BCUT2D eigenvalue weighted by Gasteiger charge is -2.05. The standard InChI is InChI=1S/C9H7Cl2N3/c1-6-2-3-7(10)8(4-6)14-5-12-13-9(14)11/h2-5H,1H3. The van der Waals surface area contributed by atoms with E-state index >= 15 is 0 Å². The first-order chi connectivity index (χ1) is 6.68. The van der Waals surface area contributed by atoms with E-state index in [9.17, 15) is 0 Å². The van der Waals surface area contributed by atoms with E-state index in [0.29, 0.717) is 10.3 Å². The Morgan fingerprint density at radius 3 is 2.71 bits per heavy atom. The second-order valence-electron chi connectivity index (χ2n) is 2.92. The normalized spacial score (nSPS) is 10.5. The van der Waals surface area contributed by atoms with Gasteiger partial charge in [-0.25, -0.2) is 0 Å². The van der Waals surface area contributed by atoms with Gasteiger partial charge in [-0.1, -0.05) is 17.7 Å². The van der Waals surface area contributed by atoms with Crippen LogP contribution in [0.15, 0.2) is 24.5 Å². The molecular weight excluding hydrogens is 221 g/mol. The molecule has 5 heteroatoms. The highest BCUT2D eigenvalue weighted by atomic mass is 35.5. The fourth-order valence-electron chi connectivity index (χ4n) is 1.19. The molecule has 72 valence electrons. The fraction of sp³-hybridized carbons (Fsp3) is 0.111. The van der Waals surface area contributed by atoms with Crippen LogP contribution in [0.3, 0.4) is 0 Å². The average molecular weight is 228 g/mol. The molecule has 0 saturated carbocycles. The zero-order valence-corrected chi connectivity index (χ0v) is 8.92. The number of hydrogen-bond acceptors (Lipinski definition) is 2. The molecule has 0 aliphatic rings. The second kappa shape index (κ2) is 3.59. The fourth-order valence-corrected chi connectivity index (χ4v) is 1.58. The first-order valence-electron chi connectivity index (χ1n) is 4.00. The minimum Gasteiger partial charge on any atom is -0.271 e. The van der Waals surface area contributed by atoms with Crippen LogP contribution in [-0.4, -0.2) is 14.8 Å². The molecule has 0 fully saturated rings. The van der Waals surface area contributed by atoms with E-state index in [4.69, 9.17) is 23.2 Å². The minimum atomic E-state index is 0.303. The molecule has 0 bridgehead atoms. The highest BCUT2D eigenvalue weighted by molar-refractivity contribution is 6.33. The van der Waals surface area contributed by atoms with Crippen LogP contribution < -0.4 is 0 Å². The van der Waals surface area contributed by atoms with Gasteiger partial charge in [-0.15, -0.1) is 10.2 Å². The van der Waals surface area contributed by atoms with E-state index in [1.807, 2.05) is 25.1 Å². The topological polar surface area (TPSA) is 30.7 Å². The first-order valence-corrected chi connectivity index (χ1v) is 4.76. The van der Waals surface area contributed by atoms with Crippen LogP contribution in [0.4, 0.5) is 0 Å². The Bertz CT molecular complexity index is 465. The van der Waals surface area contributed by atoms with Crippen LogP contribution >= 0.6 is 23.2 Å². The number of hydrogen-bond donors (Lipinski definition) is 0. The highest BCUT2D eigenvalue weighted by Crippen LogP contribution is 2.23. The van der Waals surface area contributed by atoms with Gasteiger partial charge in [0.05, 0.1) is 10.7 Å². The Balaban J connectivity index is 2.62. The van der Waals surface area contributed by atoms with Crippen molar-refractivity contribution in [2.45, 2.75) is 6.92 Å².